The van der Waals surface area contributed by atoms with Crippen LogP contribution in [0.25, 0.3) is 0 Å². The summed E-state index contributed by atoms with van der Waals surface area (Å²) in [6.45, 7) is 6.61. The fraction of sp³-hybridized carbons (Fsp3) is 0.583. The van der Waals surface area contributed by atoms with Crippen LogP contribution < -0.4 is 0 Å². The number of allylic oxidation sites excluding steroid dienone is 10. The topological polar surface area (TPSA) is 21.8 Å². The Morgan fingerprint density at radius 2 is 1.62 bits per heavy atom. The van der Waals surface area contributed by atoms with Crippen LogP contribution in [0.3, 0.4) is 0 Å². The standard InChI is InChI=1S/C24H38O2/c1-5-6-7-13-16-21(2)19-20-22(3)17-14-11-9-8-10-12-15-18-23-24(25-4)26-23/h6-8,10-11,14,16,20,23-24H,5,9,12-13,15,17-19H2,1-4H3. The third-order valence-corrected chi connectivity index (χ3v) is 4.45. The third-order valence-electron chi connectivity index (χ3n) is 4.45. The zero-order valence-corrected chi connectivity index (χ0v) is 17.2. The number of hydrogen-bond acceptors (Lipinski definition) is 2. The van der Waals surface area contributed by atoms with E-state index in [9.17, 15) is 0 Å². The van der Waals surface area contributed by atoms with Crippen LogP contribution in [0.2, 0.25) is 0 Å². The van der Waals surface area contributed by atoms with E-state index in [1.54, 1.807) is 7.11 Å². The first-order valence-corrected chi connectivity index (χ1v) is 10.1. The summed E-state index contributed by atoms with van der Waals surface area (Å²) in [5.74, 6) is 0. The molecular formula is C24H38O2. The molecule has 0 aromatic carbocycles. The fourth-order valence-electron chi connectivity index (χ4n) is 2.67. The lowest BCUT2D eigenvalue weighted by Gasteiger charge is -1.98. The summed E-state index contributed by atoms with van der Waals surface area (Å²) < 4.78 is 10.5. The maximum absolute atomic E-state index is 5.34. The average molecular weight is 359 g/mol. The van der Waals surface area contributed by atoms with Crippen molar-refractivity contribution < 1.29 is 9.47 Å². The summed E-state index contributed by atoms with van der Waals surface area (Å²) in [5, 5.41) is 0. The molecule has 1 aliphatic heterocycles. The van der Waals surface area contributed by atoms with Crippen LogP contribution in [0.5, 0.6) is 0 Å². The lowest BCUT2D eigenvalue weighted by atomic mass is 10.1. The third kappa shape index (κ3) is 12.1. The van der Waals surface area contributed by atoms with Crippen molar-refractivity contribution in [3.63, 3.8) is 0 Å². The number of unbranched alkanes of at least 4 members (excludes halogenated alkanes) is 1. The van der Waals surface area contributed by atoms with Crippen molar-refractivity contribution in [1.82, 2.24) is 0 Å². The van der Waals surface area contributed by atoms with Gasteiger partial charge in [-0.3, -0.25) is 0 Å². The molecular weight excluding hydrogens is 320 g/mol. The highest BCUT2D eigenvalue weighted by atomic mass is 16.8. The van der Waals surface area contributed by atoms with Crippen LogP contribution in [0.15, 0.2) is 59.8 Å². The average Bonchev–Trinajstić information content (AvgIpc) is 3.40. The first-order chi connectivity index (χ1) is 12.7. The Morgan fingerprint density at radius 3 is 2.35 bits per heavy atom. The van der Waals surface area contributed by atoms with Crippen LogP contribution in [0.4, 0.5) is 0 Å². The normalized spacial score (nSPS) is 21.5. The number of methoxy groups -OCH3 is 1. The molecule has 146 valence electrons. The summed E-state index contributed by atoms with van der Waals surface area (Å²) in [6.07, 6.45) is 27.3. The van der Waals surface area contributed by atoms with Crippen LogP contribution in [0.1, 0.15) is 72.1 Å². The van der Waals surface area contributed by atoms with E-state index in [0.29, 0.717) is 6.10 Å². The van der Waals surface area contributed by atoms with Gasteiger partial charge in [-0.05, 0) is 65.2 Å². The Hall–Kier alpha value is -1.38. The van der Waals surface area contributed by atoms with E-state index in [-0.39, 0.29) is 6.29 Å². The lowest BCUT2D eigenvalue weighted by molar-refractivity contribution is 0.0950. The Balaban J connectivity index is 2.05. The second-order valence-corrected chi connectivity index (χ2v) is 7.01. The zero-order chi connectivity index (χ0) is 19.0. The van der Waals surface area contributed by atoms with Crippen molar-refractivity contribution in [3.05, 3.63) is 59.8 Å². The van der Waals surface area contributed by atoms with Gasteiger partial charge in [0, 0.05) is 7.11 Å². The second kappa shape index (κ2) is 14.8. The maximum atomic E-state index is 5.34. The Bertz CT molecular complexity index is 508. The number of ether oxygens (including phenoxy) is 2. The highest BCUT2D eigenvalue weighted by Crippen LogP contribution is 2.27. The van der Waals surface area contributed by atoms with Gasteiger partial charge in [0.2, 0.25) is 0 Å². The number of epoxide rings is 1. The molecule has 0 radical (unpaired) electrons. The first-order valence-electron chi connectivity index (χ1n) is 10.1. The minimum absolute atomic E-state index is 0.0652. The molecule has 0 spiro atoms. The molecule has 2 heteroatoms. The highest BCUT2D eigenvalue weighted by molar-refractivity contribution is 5.12. The minimum atomic E-state index is 0.0652. The Kier molecular flexibility index (Phi) is 12.9. The summed E-state index contributed by atoms with van der Waals surface area (Å²) >= 11 is 0. The molecule has 1 saturated heterocycles. The van der Waals surface area contributed by atoms with Crippen molar-refractivity contribution in [3.8, 4) is 0 Å². The molecule has 0 N–H and O–H groups in total. The van der Waals surface area contributed by atoms with E-state index >= 15 is 0 Å². The van der Waals surface area contributed by atoms with E-state index in [2.05, 4.69) is 69.4 Å². The monoisotopic (exact) mass is 358 g/mol. The summed E-state index contributed by atoms with van der Waals surface area (Å²) in [7, 11) is 1.71. The first kappa shape index (κ1) is 22.7. The van der Waals surface area contributed by atoms with Crippen molar-refractivity contribution in [2.45, 2.75) is 84.5 Å². The summed E-state index contributed by atoms with van der Waals surface area (Å²) in [5.41, 5.74) is 2.89. The molecule has 2 nitrogen and oxygen atoms in total. The molecule has 26 heavy (non-hydrogen) atoms. The SMILES string of the molecule is CCC=CCC=C(C)CC=C(C)CC=CCC=CCCCC1OC1OC. The molecule has 1 rings (SSSR count). The molecule has 2 unspecified atom stereocenters. The highest BCUT2D eigenvalue weighted by Gasteiger charge is 2.37. The van der Waals surface area contributed by atoms with Gasteiger partial charge in [0.1, 0.15) is 6.10 Å². The van der Waals surface area contributed by atoms with Gasteiger partial charge in [-0.2, -0.15) is 0 Å². The van der Waals surface area contributed by atoms with Gasteiger partial charge in [-0.1, -0.05) is 66.7 Å². The van der Waals surface area contributed by atoms with Gasteiger partial charge >= 0.3 is 0 Å². The summed E-state index contributed by atoms with van der Waals surface area (Å²) in [4.78, 5) is 0. The molecule has 1 fully saturated rings. The van der Waals surface area contributed by atoms with Gasteiger partial charge in [0.15, 0.2) is 6.29 Å². The van der Waals surface area contributed by atoms with E-state index in [1.807, 2.05) is 0 Å². The van der Waals surface area contributed by atoms with E-state index < -0.39 is 0 Å². The lowest BCUT2D eigenvalue weighted by Crippen LogP contribution is -1.95. The Morgan fingerprint density at radius 1 is 0.885 bits per heavy atom. The molecule has 1 heterocycles. The van der Waals surface area contributed by atoms with Crippen LogP contribution in [0, 0.1) is 0 Å². The quantitative estimate of drug-likeness (QED) is 0.188. The molecule has 2 atom stereocenters. The van der Waals surface area contributed by atoms with Gasteiger partial charge in [-0.15, -0.1) is 0 Å². The van der Waals surface area contributed by atoms with Crippen LogP contribution in [-0.2, 0) is 9.47 Å². The van der Waals surface area contributed by atoms with Gasteiger partial charge in [-0.25, -0.2) is 0 Å². The largest absolute Gasteiger partial charge is 0.353 e. The Labute approximate surface area is 161 Å². The van der Waals surface area contributed by atoms with E-state index in [4.69, 9.17) is 9.47 Å². The summed E-state index contributed by atoms with van der Waals surface area (Å²) in [6, 6.07) is 0. The second-order valence-electron chi connectivity index (χ2n) is 7.01. The molecule has 1 aliphatic rings. The van der Waals surface area contributed by atoms with E-state index in [1.165, 1.54) is 17.6 Å². The van der Waals surface area contributed by atoms with Crippen molar-refractivity contribution in [2.75, 3.05) is 7.11 Å². The van der Waals surface area contributed by atoms with Crippen molar-refractivity contribution >= 4 is 0 Å². The number of rotatable bonds is 14. The minimum Gasteiger partial charge on any atom is -0.353 e. The van der Waals surface area contributed by atoms with Crippen molar-refractivity contribution in [1.29, 1.82) is 0 Å². The molecule has 0 saturated carbocycles. The molecule has 0 bridgehead atoms. The van der Waals surface area contributed by atoms with Gasteiger partial charge < -0.3 is 9.47 Å². The molecule has 0 aromatic rings. The van der Waals surface area contributed by atoms with Crippen molar-refractivity contribution in [2.24, 2.45) is 0 Å². The molecule has 0 aromatic heterocycles. The predicted molar refractivity (Wildman–Crippen MR) is 113 cm³/mol. The predicted octanol–water partition coefficient (Wildman–Crippen LogP) is 7.06. The number of hydrogen-bond donors (Lipinski definition) is 0. The van der Waals surface area contributed by atoms with Gasteiger partial charge in [0.25, 0.3) is 0 Å². The smallest absolute Gasteiger partial charge is 0.184 e. The van der Waals surface area contributed by atoms with Crippen LogP contribution >= 0.6 is 0 Å². The molecule has 0 aliphatic carbocycles. The van der Waals surface area contributed by atoms with E-state index in [0.717, 1.165) is 44.9 Å². The maximum Gasteiger partial charge on any atom is 0.184 e. The molecule has 0 amide bonds. The van der Waals surface area contributed by atoms with Gasteiger partial charge in [0.05, 0.1) is 0 Å². The zero-order valence-electron chi connectivity index (χ0n) is 17.2. The van der Waals surface area contributed by atoms with Crippen LogP contribution in [-0.4, -0.2) is 19.5 Å². The fourth-order valence-corrected chi connectivity index (χ4v) is 2.67.